The van der Waals surface area contributed by atoms with E-state index in [1.807, 2.05) is 31.2 Å². The lowest BCUT2D eigenvalue weighted by atomic mass is 10.2. The Morgan fingerprint density at radius 1 is 1.29 bits per heavy atom. The molecule has 0 bridgehead atoms. The van der Waals surface area contributed by atoms with Crippen LogP contribution in [0.4, 0.5) is 5.95 Å². The molecule has 1 heterocycles. The topological polar surface area (TPSA) is 94.0 Å². The van der Waals surface area contributed by atoms with Crippen LogP contribution in [0, 0.1) is 0 Å². The third-order valence-electron chi connectivity index (χ3n) is 3.06. The molecule has 0 saturated carbocycles. The van der Waals surface area contributed by atoms with Crippen molar-refractivity contribution < 1.29 is 9.53 Å². The van der Waals surface area contributed by atoms with Crippen molar-refractivity contribution in [3.8, 4) is 5.75 Å². The Balaban J connectivity index is 1.75. The Morgan fingerprint density at radius 2 is 2.04 bits per heavy atom. The molecule has 8 nitrogen and oxygen atoms in total. The number of anilines is 1. The SMILES string of the molecule is CCCn1nnc(NC(=S)NC(=O)COc2ccc(CC)cc2)n1. The number of hydrogen-bond donors (Lipinski definition) is 2. The maximum Gasteiger partial charge on any atom is 0.269 e. The van der Waals surface area contributed by atoms with Crippen molar-refractivity contribution in [1.29, 1.82) is 0 Å². The number of tetrazole rings is 1. The second kappa shape index (κ2) is 8.92. The zero-order chi connectivity index (χ0) is 17.4. The standard InChI is InChI=1S/C15H20N6O2S/c1-3-9-21-19-14(18-20-21)17-15(24)16-13(22)10-23-12-7-5-11(4-2)6-8-12/h5-8H,3-4,9-10H2,1-2H3,(H2,16,17,19,22,24). The van der Waals surface area contributed by atoms with Crippen LogP contribution < -0.4 is 15.4 Å². The molecule has 9 heteroatoms. The molecule has 0 fully saturated rings. The first kappa shape index (κ1) is 17.8. The van der Waals surface area contributed by atoms with Gasteiger partial charge in [0.2, 0.25) is 0 Å². The molecular weight excluding hydrogens is 328 g/mol. The van der Waals surface area contributed by atoms with E-state index >= 15 is 0 Å². The van der Waals surface area contributed by atoms with Crippen LogP contribution >= 0.6 is 12.2 Å². The average Bonchev–Trinajstić information content (AvgIpc) is 3.00. The summed E-state index contributed by atoms with van der Waals surface area (Å²) >= 11 is 5.03. The van der Waals surface area contributed by atoms with E-state index in [4.69, 9.17) is 17.0 Å². The number of hydrogen-bond acceptors (Lipinski definition) is 6. The quantitative estimate of drug-likeness (QED) is 0.733. The van der Waals surface area contributed by atoms with Gasteiger partial charge < -0.3 is 4.74 Å². The summed E-state index contributed by atoms with van der Waals surface area (Å²) in [5, 5.41) is 17.0. The number of nitrogens with one attached hydrogen (secondary N) is 2. The van der Waals surface area contributed by atoms with Gasteiger partial charge in [-0.1, -0.05) is 31.1 Å². The van der Waals surface area contributed by atoms with Gasteiger partial charge in [0.15, 0.2) is 11.7 Å². The summed E-state index contributed by atoms with van der Waals surface area (Å²) in [4.78, 5) is 13.3. The number of amides is 1. The number of aromatic nitrogens is 4. The summed E-state index contributed by atoms with van der Waals surface area (Å²) in [7, 11) is 0. The van der Waals surface area contributed by atoms with Gasteiger partial charge in [-0.2, -0.15) is 4.80 Å². The molecule has 2 aromatic rings. The van der Waals surface area contributed by atoms with Crippen LogP contribution in [0.2, 0.25) is 0 Å². The van der Waals surface area contributed by atoms with Crippen LogP contribution in [-0.4, -0.2) is 37.8 Å². The van der Waals surface area contributed by atoms with Crippen molar-refractivity contribution in [2.75, 3.05) is 11.9 Å². The van der Waals surface area contributed by atoms with Gasteiger partial charge in [0.1, 0.15) is 5.75 Å². The van der Waals surface area contributed by atoms with E-state index in [0.29, 0.717) is 12.3 Å². The normalized spacial score (nSPS) is 10.2. The van der Waals surface area contributed by atoms with Crippen molar-refractivity contribution in [2.24, 2.45) is 0 Å². The average molecular weight is 348 g/mol. The Kier molecular flexibility index (Phi) is 6.62. The summed E-state index contributed by atoms with van der Waals surface area (Å²) in [5.41, 5.74) is 1.21. The van der Waals surface area contributed by atoms with Crippen molar-refractivity contribution >= 4 is 29.2 Å². The summed E-state index contributed by atoms with van der Waals surface area (Å²) in [6.45, 7) is 4.62. The smallest absolute Gasteiger partial charge is 0.269 e. The van der Waals surface area contributed by atoms with Crippen LogP contribution in [-0.2, 0) is 17.8 Å². The molecule has 0 atom stereocenters. The van der Waals surface area contributed by atoms with Gasteiger partial charge in [0, 0.05) is 0 Å². The number of carbonyl (C=O) groups is 1. The zero-order valence-corrected chi connectivity index (χ0v) is 14.5. The number of rotatable bonds is 7. The first-order valence-electron chi connectivity index (χ1n) is 7.71. The van der Waals surface area contributed by atoms with Crippen molar-refractivity contribution in [3.05, 3.63) is 29.8 Å². The Morgan fingerprint density at radius 3 is 2.71 bits per heavy atom. The molecule has 1 aromatic carbocycles. The van der Waals surface area contributed by atoms with E-state index in [9.17, 15) is 4.79 Å². The van der Waals surface area contributed by atoms with Gasteiger partial charge in [-0.05, 0) is 48.0 Å². The number of carbonyl (C=O) groups excluding carboxylic acids is 1. The third kappa shape index (κ3) is 5.58. The molecule has 0 aliphatic heterocycles. The van der Waals surface area contributed by atoms with E-state index < -0.39 is 0 Å². The van der Waals surface area contributed by atoms with E-state index in [0.717, 1.165) is 12.8 Å². The minimum atomic E-state index is -0.368. The van der Waals surface area contributed by atoms with Crippen molar-refractivity contribution in [2.45, 2.75) is 33.2 Å². The molecule has 2 N–H and O–H groups in total. The number of ether oxygens (including phenoxy) is 1. The molecule has 0 saturated heterocycles. The van der Waals surface area contributed by atoms with Crippen molar-refractivity contribution in [3.63, 3.8) is 0 Å². The van der Waals surface area contributed by atoms with Crippen LogP contribution in [0.15, 0.2) is 24.3 Å². The predicted molar refractivity (Wildman–Crippen MR) is 93.8 cm³/mol. The van der Waals surface area contributed by atoms with Crippen LogP contribution in [0.25, 0.3) is 0 Å². The number of benzene rings is 1. The van der Waals surface area contributed by atoms with Crippen LogP contribution in [0.5, 0.6) is 5.75 Å². The summed E-state index contributed by atoms with van der Waals surface area (Å²) in [6, 6.07) is 7.59. The molecule has 1 amide bonds. The highest BCUT2D eigenvalue weighted by molar-refractivity contribution is 7.80. The molecule has 0 spiro atoms. The molecular formula is C15H20N6O2S. The first-order chi connectivity index (χ1) is 11.6. The molecule has 0 aliphatic rings. The van der Waals surface area contributed by atoms with Gasteiger partial charge in [0.05, 0.1) is 6.54 Å². The predicted octanol–water partition coefficient (Wildman–Crippen LogP) is 1.54. The van der Waals surface area contributed by atoms with Gasteiger partial charge in [-0.15, -0.1) is 5.10 Å². The summed E-state index contributed by atoms with van der Waals surface area (Å²) in [6.07, 6.45) is 1.85. The fraction of sp³-hybridized carbons (Fsp3) is 0.400. The monoisotopic (exact) mass is 348 g/mol. The van der Waals surface area contributed by atoms with E-state index in [1.54, 1.807) is 0 Å². The highest BCUT2D eigenvalue weighted by Crippen LogP contribution is 2.12. The first-order valence-corrected chi connectivity index (χ1v) is 8.12. The Hall–Kier alpha value is -2.55. The van der Waals surface area contributed by atoms with Crippen LogP contribution in [0.3, 0.4) is 0 Å². The number of nitrogens with zero attached hydrogens (tertiary/aromatic N) is 4. The van der Waals surface area contributed by atoms with Crippen molar-refractivity contribution in [1.82, 2.24) is 25.5 Å². The molecule has 0 unspecified atom stereocenters. The highest BCUT2D eigenvalue weighted by atomic mass is 32.1. The zero-order valence-electron chi connectivity index (χ0n) is 13.7. The van der Waals surface area contributed by atoms with E-state index in [1.165, 1.54) is 10.4 Å². The summed E-state index contributed by atoms with van der Waals surface area (Å²) in [5.74, 6) is 0.503. The number of thiocarbonyl (C=S) groups is 1. The summed E-state index contributed by atoms with van der Waals surface area (Å²) < 4.78 is 5.41. The minimum Gasteiger partial charge on any atom is -0.484 e. The molecule has 0 radical (unpaired) electrons. The van der Waals surface area contributed by atoms with Crippen LogP contribution in [0.1, 0.15) is 25.8 Å². The third-order valence-corrected chi connectivity index (χ3v) is 3.26. The lowest BCUT2D eigenvalue weighted by Gasteiger charge is -2.08. The fourth-order valence-corrected chi connectivity index (χ4v) is 2.06. The van der Waals surface area contributed by atoms with Gasteiger partial charge in [-0.25, -0.2) is 0 Å². The van der Waals surface area contributed by atoms with Gasteiger partial charge in [0.25, 0.3) is 11.9 Å². The largest absolute Gasteiger partial charge is 0.484 e. The number of aryl methyl sites for hydroxylation is 2. The molecule has 2 rings (SSSR count). The molecule has 0 aliphatic carbocycles. The Bertz CT molecular complexity index is 686. The fourth-order valence-electron chi connectivity index (χ4n) is 1.85. The molecule has 1 aromatic heterocycles. The van der Waals surface area contributed by atoms with Gasteiger partial charge in [-0.3, -0.25) is 15.4 Å². The minimum absolute atomic E-state index is 0.0981. The molecule has 24 heavy (non-hydrogen) atoms. The second-order valence-corrected chi connectivity index (χ2v) is 5.41. The maximum atomic E-state index is 11.8. The molecule has 128 valence electrons. The van der Waals surface area contributed by atoms with Gasteiger partial charge >= 0.3 is 0 Å². The highest BCUT2D eigenvalue weighted by Gasteiger charge is 2.09. The lowest BCUT2D eigenvalue weighted by Crippen LogP contribution is -2.37. The van der Waals surface area contributed by atoms with E-state index in [-0.39, 0.29) is 23.6 Å². The van der Waals surface area contributed by atoms with E-state index in [2.05, 4.69) is 33.0 Å². The Labute approximate surface area is 145 Å². The lowest BCUT2D eigenvalue weighted by molar-refractivity contribution is -0.121. The maximum absolute atomic E-state index is 11.8. The second-order valence-electron chi connectivity index (χ2n) is 5.00.